The van der Waals surface area contributed by atoms with E-state index in [1.165, 1.54) is 5.56 Å². The lowest BCUT2D eigenvalue weighted by Gasteiger charge is -2.31. The van der Waals surface area contributed by atoms with Crippen LogP contribution in [0.2, 0.25) is 0 Å². The Hall–Kier alpha value is -1.59. The van der Waals surface area contributed by atoms with Gasteiger partial charge in [-0.2, -0.15) is 0 Å². The molecule has 1 rings (SSSR count). The van der Waals surface area contributed by atoms with Crippen molar-refractivity contribution in [3.8, 4) is 0 Å². The largest absolute Gasteiger partial charge is 0.382 e. The predicted molar refractivity (Wildman–Crippen MR) is 107 cm³/mol. The maximum absolute atomic E-state index is 5.35. The molecule has 0 bridgehead atoms. The number of aliphatic imine (C=N–C) groups is 1. The summed E-state index contributed by atoms with van der Waals surface area (Å²) in [5.74, 6) is 0.846. The van der Waals surface area contributed by atoms with Crippen LogP contribution in [0.4, 0.5) is 0 Å². The Morgan fingerprint density at radius 1 is 1.16 bits per heavy atom. The Balaban J connectivity index is 2.32. The molecule has 142 valence electrons. The molecule has 0 aliphatic heterocycles. The van der Waals surface area contributed by atoms with Gasteiger partial charge in [0.2, 0.25) is 0 Å². The van der Waals surface area contributed by atoms with Gasteiger partial charge in [-0.15, -0.1) is 0 Å². The summed E-state index contributed by atoms with van der Waals surface area (Å²) in [6, 6.07) is 10.8. The number of hydrogen-bond acceptors (Lipinski definition) is 3. The van der Waals surface area contributed by atoms with E-state index in [-0.39, 0.29) is 5.54 Å². The smallest absolute Gasteiger partial charge is 0.191 e. The van der Waals surface area contributed by atoms with Crippen molar-refractivity contribution in [3.05, 3.63) is 35.9 Å². The molecule has 0 saturated heterocycles. The van der Waals surface area contributed by atoms with Crippen molar-refractivity contribution in [3.63, 3.8) is 0 Å². The third kappa shape index (κ3) is 9.46. The van der Waals surface area contributed by atoms with Crippen LogP contribution >= 0.6 is 0 Å². The normalized spacial score (nSPS) is 13.6. The van der Waals surface area contributed by atoms with E-state index < -0.39 is 0 Å². The van der Waals surface area contributed by atoms with Gasteiger partial charge in [0, 0.05) is 44.9 Å². The van der Waals surface area contributed by atoms with Crippen LogP contribution in [0.3, 0.4) is 0 Å². The zero-order chi connectivity index (χ0) is 18.5. The molecule has 0 saturated carbocycles. The first-order valence-electron chi connectivity index (χ1n) is 9.33. The fraction of sp³-hybridized carbons (Fsp3) is 0.650. The number of ether oxygens (including phenoxy) is 1. The van der Waals surface area contributed by atoms with E-state index in [1.54, 1.807) is 0 Å². The zero-order valence-corrected chi connectivity index (χ0v) is 16.6. The Labute approximate surface area is 153 Å². The summed E-state index contributed by atoms with van der Waals surface area (Å²) < 4.78 is 5.35. The van der Waals surface area contributed by atoms with Crippen molar-refractivity contribution in [1.82, 2.24) is 16.0 Å². The lowest BCUT2D eigenvalue weighted by atomic mass is 10.0. The minimum absolute atomic E-state index is 0.0537. The molecule has 0 fully saturated rings. The van der Waals surface area contributed by atoms with Crippen LogP contribution in [0, 0.1) is 0 Å². The highest BCUT2D eigenvalue weighted by atomic mass is 16.5. The van der Waals surface area contributed by atoms with Gasteiger partial charge < -0.3 is 20.7 Å². The molecule has 1 aromatic rings. The molecule has 0 aromatic heterocycles. The topological polar surface area (TPSA) is 57.7 Å². The SMILES string of the molecule is CCOCCCCNC(=NC)NCC(C)(C)NC(C)c1ccccc1. The molecule has 3 N–H and O–H groups in total. The fourth-order valence-electron chi connectivity index (χ4n) is 2.67. The van der Waals surface area contributed by atoms with E-state index in [2.05, 4.69) is 66.0 Å². The van der Waals surface area contributed by atoms with Crippen molar-refractivity contribution in [2.24, 2.45) is 4.99 Å². The molecular formula is C20H36N4O. The van der Waals surface area contributed by atoms with E-state index in [0.717, 1.165) is 45.1 Å². The third-order valence-electron chi connectivity index (χ3n) is 4.04. The first kappa shape index (κ1) is 21.5. The Morgan fingerprint density at radius 3 is 2.52 bits per heavy atom. The average Bonchev–Trinajstić information content (AvgIpc) is 2.61. The number of unbranched alkanes of at least 4 members (excludes halogenated alkanes) is 1. The standard InChI is InChI=1S/C20H36N4O/c1-6-25-15-11-10-14-22-19(21-5)23-16-20(3,4)24-17(2)18-12-8-7-9-13-18/h7-9,12-13,17,24H,6,10-11,14-16H2,1-5H3,(H2,21,22,23). The zero-order valence-electron chi connectivity index (χ0n) is 16.6. The molecule has 0 radical (unpaired) electrons. The van der Waals surface area contributed by atoms with Crippen LogP contribution in [0.15, 0.2) is 35.3 Å². The maximum atomic E-state index is 5.35. The van der Waals surface area contributed by atoms with Crippen LogP contribution in [-0.2, 0) is 4.74 Å². The predicted octanol–water partition coefficient (Wildman–Crippen LogP) is 3.10. The number of nitrogens with zero attached hydrogens (tertiary/aromatic N) is 1. The molecule has 1 unspecified atom stereocenters. The van der Waals surface area contributed by atoms with E-state index >= 15 is 0 Å². The summed E-state index contributed by atoms with van der Waals surface area (Å²) in [6.07, 6.45) is 2.15. The lowest BCUT2D eigenvalue weighted by molar-refractivity contribution is 0.143. The van der Waals surface area contributed by atoms with E-state index in [0.29, 0.717) is 6.04 Å². The molecule has 1 aromatic carbocycles. The van der Waals surface area contributed by atoms with Gasteiger partial charge in [-0.3, -0.25) is 4.99 Å². The van der Waals surface area contributed by atoms with Crippen LogP contribution < -0.4 is 16.0 Å². The van der Waals surface area contributed by atoms with Gasteiger partial charge in [0.1, 0.15) is 0 Å². The second-order valence-electron chi connectivity index (χ2n) is 6.92. The third-order valence-corrected chi connectivity index (χ3v) is 4.04. The molecule has 0 aliphatic carbocycles. The first-order chi connectivity index (χ1) is 12.0. The second-order valence-corrected chi connectivity index (χ2v) is 6.92. The lowest BCUT2D eigenvalue weighted by Crippen LogP contribution is -2.52. The Morgan fingerprint density at radius 2 is 1.88 bits per heavy atom. The molecule has 0 aliphatic rings. The van der Waals surface area contributed by atoms with Gasteiger partial charge in [0.05, 0.1) is 0 Å². The van der Waals surface area contributed by atoms with Crippen molar-refractivity contribution >= 4 is 5.96 Å². The maximum Gasteiger partial charge on any atom is 0.191 e. The number of nitrogens with one attached hydrogen (secondary N) is 3. The molecule has 0 amide bonds. The first-order valence-corrected chi connectivity index (χ1v) is 9.33. The second kappa shape index (κ2) is 11.9. The van der Waals surface area contributed by atoms with Gasteiger partial charge in [-0.1, -0.05) is 30.3 Å². The summed E-state index contributed by atoms with van der Waals surface area (Å²) in [5, 5.41) is 10.5. The fourth-order valence-corrected chi connectivity index (χ4v) is 2.67. The van der Waals surface area contributed by atoms with E-state index in [1.807, 2.05) is 20.0 Å². The molecule has 1 atom stereocenters. The van der Waals surface area contributed by atoms with Crippen molar-refractivity contribution < 1.29 is 4.74 Å². The van der Waals surface area contributed by atoms with Crippen molar-refractivity contribution in [1.29, 1.82) is 0 Å². The van der Waals surface area contributed by atoms with Crippen molar-refractivity contribution in [2.75, 3.05) is 33.4 Å². The highest BCUT2D eigenvalue weighted by Crippen LogP contribution is 2.15. The quantitative estimate of drug-likeness (QED) is 0.327. The highest BCUT2D eigenvalue weighted by Gasteiger charge is 2.21. The number of guanidine groups is 1. The van der Waals surface area contributed by atoms with Gasteiger partial charge in [-0.05, 0) is 46.1 Å². The monoisotopic (exact) mass is 348 g/mol. The minimum atomic E-state index is -0.0537. The molecule has 0 spiro atoms. The van der Waals surface area contributed by atoms with Gasteiger partial charge in [-0.25, -0.2) is 0 Å². The highest BCUT2D eigenvalue weighted by molar-refractivity contribution is 5.79. The van der Waals surface area contributed by atoms with E-state index in [4.69, 9.17) is 4.74 Å². The van der Waals surface area contributed by atoms with Gasteiger partial charge in [0.15, 0.2) is 5.96 Å². The molecular weight excluding hydrogens is 312 g/mol. The van der Waals surface area contributed by atoms with Crippen LogP contribution in [0.1, 0.15) is 52.1 Å². The number of hydrogen-bond donors (Lipinski definition) is 3. The molecule has 5 nitrogen and oxygen atoms in total. The van der Waals surface area contributed by atoms with Crippen LogP contribution in [-0.4, -0.2) is 44.8 Å². The summed E-state index contributed by atoms with van der Waals surface area (Å²) in [6.45, 7) is 12.0. The van der Waals surface area contributed by atoms with Gasteiger partial charge in [0.25, 0.3) is 0 Å². The summed E-state index contributed by atoms with van der Waals surface area (Å²) in [7, 11) is 1.81. The van der Waals surface area contributed by atoms with E-state index in [9.17, 15) is 0 Å². The summed E-state index contributed by atoms with van der Waals surface area (Å²) >= 11 is 0. The van der Waals surface area contributed by atoms with Crippen molar-refractivity contribution in [2.45, 2.75) is 52.1 Å². The minimum Gasteiger partial charge on any atom is -0.382 e. The van der Waals surface area contributed by atoms with Crippen LogP contribution in [0.25, 0.3) is 0 Å². The summed E-state index contributed by atoms with van der Waals surface area (Å²) in [5.41, 5.74) is 1.24. The van der Waals surface area contributed by atoms with Crippen LogP contribution in [0.5, 0.6) is 0 Å². The molecule has 0 heterocycles. The Bertz CT molecular complexity index is 488. The number of rotatable bonds is 11. The molecule has 5 heteroatoms. The average molecular weight is 349 g/mol. The Kier molecular flexibility index (Phi) is 10.2. The number of benzene rings is 1. The molecule has 25 heavy (non-hydrogen) atoms. The summed E-state index contributed by atoms with van der Waals surface area (Å²) in [4.78, 5) is 4.30. The van der Waals surface area contributed by atoms with Gasteiger partial charge >= 0.3 is 0 Å².